The van der Waals surface area contributed by atoms with Gasteiger partial charge >= 0.3 is 0 Å². The third-order valence-electron chi connectivity index (χ3n) is 2.41. The molecule has 0 saturated heterocycles. The van der Waals surface area contributed by atoms with Crippen molar-refractivity contribution in [2.45, 2.75) is 19.8 Å². The summed E-state index contributed by atoms with van der Waals surface area (Å²) in [5, 5.41) is 2.86. The molecule has 0 aromatic carbocycles. The first kappa shape index (κ1) is 12.6. The summed E-state index contributed by atoms with van der Waals surface area (Å²) in [6, 6.07) is 3.83. The normalized spacial score (nSPS) is 12.1. The molecular weight excluding hydrogens is 202 g/mol. The van der Waals surface area contributed by atoms with Crippen LogP contribution in [-0.2, 0) is 11.2 Å². The number of hydrogen-bond donors (Lipinski definition) is 2. The van der Waals surface area contributed by atoms with Gasteiger partial charge in [0.2, 0.25) is 5.91 Å². The number of carbonyl (C=O) groups excluding carboxylic acids is 1. The van der Waals surface area contributed by atoms with Gasteiger partial charge in [-0.25, -0.2) is 0 Å². The quantitative estimate of drug-likeness (QED) is 0.744. The van der Waals surface area contributed by atoms with Crippen molar-refractivity contribution in [2.24, 2.45) is 11.7 Å². The number of nitrogens with zero attached hydrogens (tertiary/aromatic N) is 1. The summed E-state index contributed by atoms with van der Waals surface area (Å²) in [6.07, 6.45) is 5.09. The van der Waals surface area contributed by atoms with Crippen molar-refractivity contribution in [3.8, 4) is 0 Å². The lowest BCUT2D eigenvalue weighted by molar-refractivity contribution is -0.124. The van der Waals surface area contributed by atoms with Gasteiger partial charge in [-0.1, -0.05) is 13.0 Å². The average Bonchev–Trinajstić information content (AvgIpc) is 2.34. The van der Waals surface area contributed by atoms with Crippen LogP contribution in [0.1, 0.15) is 18.9 Å². The number of rotatable bonds is 6. The van der Waals surface area contributed by atoms with E-state index in [1.54, 1.807) is 12.4 Å². The lowest BCUT2D eigenvalue weighted by atomic mass is 10.00. The van der Waals surface area contributed by atoms with E-state index in [9.17, 15) is 4.79 Å². The predicted molar refractivity (Wildman–Crippen MR) is 63.8 cm³/mol. The molecule has 0 aliphatic heterocycles. The number of nitrogens with two attached hydrogens (primary N) is 1. The number of pyridine rings is 1. The van der Waals surface area contributed by atoms with E-state index >= 15 is 0 Å². The van der Waals surface area contributed by atoms with Gasteiger partial charge in [-0.05, 0) is 24.5 Å². The van der Waals surface area contributed by atoms with Crippen LogP contribution >= 0.6 is 0 Å². The summed E-state index contributed by atoms with van der Waals surface area (Å²) in [4.78, 5) is 15.7. The van der Waals surface area contributed by atoms with Gasteiger partial charge in [0.15, 0.2) is 0 Å². The molecule has 1 aromatic rings. The molecule has 0 radical (unpaired) electrons. The smallest absolute Gasteiger partial charge is 0.224 e. The highest BCUT2D eigenvalue weighted by atomic mass is 16.1. The first-order chi connectivity index (χ1) is 7.77. The molecule has 0 saturated carbocycles. The molecular formula is C12H19N3O. The lowest BCUT2D eigenvalue weighted by Crippen LogP contribution is -2.36. The average molecular weight is 221 g/mol. The Morgan fingerprint density at radius 2 is 2.44 bits per heavy atom. The largest absolute Gasteiger partial charge is 0.356 e. The summed E-state index contributed by atoms with van der Waals surface area (Å²) in [5.74, 6) is -0.121. The zero-order valence-corrected chi connectivity index (χ0v) is 9.65. The fourth-order valence-corrected chi connectivity index (χ4v) is 1.48. The summed E-state index contributed by atoms with van der Waals surface area (Å²) >= 11 is 0. The summed E-state index contributed by atoms with van der Waals surface area (Å²) < 4.78 is 0. The zero-order chi connectivity index (χ0) is 11.8. The Bertz CT molecular complexity index is 313. The fourth-order valence-electron chi connectivity index (χ4n) is 1.48. The molecule has 0 fully saturated rings. The highest BCUT2D eigenvalue weighted by molar-refractivity contribution is 5.79. The van der Waals surface area contributed by atoms with Crippen molar-refractivity contribution in [2.75, 3.05) is 13.1 Å². The maximum absolute atomic E-state index is 11.7. The van der Waals surface area contributed by atoms with E-state index < -0.39 is 0 Å². The Labute approximate surface area is 96.3 Å². The number of nitrogens with one attached hydrogen (secondary N) is 1. The van der Waals surface area contributed by atoms with E-state index in [0.717, 1.165) is 12.0 Å². The van der Waals surface area contributed by atoms with Crippen LogP contribution < -0.4 is 11.1 Å². The van der Waals surface area contributed by atoms with Gasteiger partial charge in [0.1, 0.15) is 0 Å². The number of carbonyl (C=O) groups is 1. The second-order valence-corrected chi connectivity index (χ2v) is 3.79. The number of hydrogen-bond acceptors (Lipinski definition) is 3. The van der Waals surface area contributed by atoms with Gasteiger partial charge in [-0.2, -0.15) is 0 Å². The first-order valence-electron chi connectivity index (χ1n) is 5.64. The van der Waals surface area contributed by atoms with E-state index in [1.165, 1.54) is 0 Å². The van der Waals surface area contributed by atoms with Gasteiger partial charge in [0.25, 0.3) is 0 Å². The zero-order valence-electron chi connectivity index (χ0n) is 9.65. The highest BCUT2D eigenvalue weighted by Gasteiger charge is 2.16. The summed E-state index contributed by atoms with van der Waals surface area (Å²) in [7, 11) is 0. The molecule has 0 spiro atoms. The molecule has 1 aromatic heterocycles. The van der Waals surface area contributed by atoms with E-state index in [0.29, 0.717) is 19.5 Å². The van der Waals surface area contributed by atoms with Crippen LogP contribution in [0.2, 0.25) is 0 Å². The van der Waals surface area contributed by atoms with Crippen LogP contribution in [0, 0.1) is 5.92 Å². The van der Waals surface area contributed by atoms with E-state index in [1.807, 2.05) is 19.1 Å². The van der Waals surface area contributed by atoms with Crippen molar-refractivity contribution in [1.82, 2.24) is 10.3 Å². The number of aromatic nitrogens is 1. The minimum atomic E-state index is -0.157. The molecule has 1 amide bonds. The SMILES string of the molecule is CCCNC(=O)C(CN)Cc1cccnc1. The molecule has 0 bridgehead atoms. The molecule has 88 valence electrons. The topological polar surface area (TPSA) is 68.0 Å². The van der Waals surface area contributed by atoms with Crippen LogP contribution in [0.4, 0.5) is 0 Å². The van der Waals surface area contributed by atoms with Gasteiger partial charge < -0.3 is 11.1 Å². The first-order valence-corrected chi connectivity index (χ1v) is 5.64. The van der Waals surface area contributed by atoms with Crippen molar-refractivity contribution < 1.29 is 4.79 Å². The molecule has 4 nitrogen and oxygen atoms in total. The monoisotopic (exact) mass is 221 g/mol. The maximum Gasteiger partial charge on any atom is 0.224 e. The fraction of sp³-hybridized carbons (Fsp3) is 0.500. The number of amides is 1. The molecule has 4 heteroatoms. The second kappa shape index (κ2) is 6.95. The molecule has 3 N–H and O–H groups in total. The van der Waals surface area contributed by atoms with Gasteiger partial charge in [0.05, 0.1) is 5.92 Å². The third-order valence-corrected chi connectivity index (χ3v) is 2.41. The van der Waals surface area contributed by atoms with Crippen LogP contribution in [0.3, 0.4) is 0 Å². The third kappa shape index (κ3) is 3.98. The minimum Gasteiger partial charge on any atom is -0.356 e. The molecule has 1 rings (SSSR count). The van der Waals surface area contributed by atoms with Crippen LogP contribution in [0.15, 0.2) is 24.5 Å². The molecule has 16 heavy (non-hydrogen) atoms. The van der Waals surface area contributed by atoms with Crippen LogP contribution in [0.5, 0.6) is 0 Å². The molecule has 0 aliphatic rings. The summed E-state index contributed by atoms with van der Waals surface area (Å²) in [6.45, 7) is 3.10. The van der Waals surface area contributed by atoms with E-state index in [2.05, 4.69) is 10.3 Å². The van der Waals surface area contributed by atoms with Gasteiger partial charge in [-0.3, -0.25) is 9.78 Å². The van der Waals surface area contributed by atoms with Crippen molar-refractivity contribution in [3.05, 3.63) is 30.1 Å². The molecule has 1 unspecified atom stereocenters. The Hall–Kier alpha value is -1.42. The van der Waals surface area contributed by atoms with Crippen molar-refractivity contribution in [3.63, 3.8) is 0 Å². The molecule has 1 heterocycles. The van der Waals surface area contributed by atoms with Gasteiger partial charge in [-0.15, -0.1) is 0 Å². The maximum atomic E-state index is 11.7. The van der Waals surface area contributed by atoms with Crippen LogP contribution in [0.25, 0.3) is 0 Å². The molecule has 0 aliphatic carbocycles. The Kier molecular flexibility index (Phi) is 5.50. The predicted octanol–water partition coefficient (Wildman–Crippen LogP) is 0.725. The summed E-state index contributed by atoms with van der Waals surface area (Å²) in [5.41, 5.74) is 6.66. The van der Waals surface area contributed by atoms with Crippen molar-refractivity contribution >= 4 is 5.91 Å². The van der Waals surface area contributed by atoms with Crippen molar-refractivity contribution in [1.29, 1.82) is 0 Å². The Morgan fingerprint density at radius 1 is 1.62 bits per heavy atom. The van der Waals surface area contributed by atoms with Gasteiger partial charge in [0, 0.05) is 25.5 Å². The Balaban J connectivity index is 2.52. The van der Waals surface area contributed by atoms with Crippen LogP contribution in [-0.4, -0.2) is 24.0 Å². The second-order valence-electron chi connectivity index (χ2n) is 3.79. The lowest BCUT2D eigenvalue weighted by Gasteiger charge is -2.14. The standard InChI is InChI=1S/C12H19N3O/c1-2-5-15-12(16)11(8-13)7-10-4-3-6-14-9-10/h3-4,6,9,11H,2,5,7-8,13H2,1H3,(H,15,16). The highest BCUT2D eigenvalue weighted by Crippen LogP contribution is 2.06. The van der Waals surface area contributed by atoms with E-state index in [-0.39, 0.29) is 11.8 Å². The Morgan fingerprint density at radius 3 is 3.00 bits per heavy atom. The minimum absolute atomic E-state index is 0.0354. The molecule has 1 atom stereocenters. The van der Waals surface area contributed by atoms with E-state index in [4.69, 9.17) is 5.73 Å².